The number of thiophene rings is 1. The molecule has 0 saturated heterocycles. The normalized spacial score (nSPS) is 14.8. The molecule has 1 aromatic rings. The predicted octanol–water partition coefficient (Wildman–Crippen LogP) is 1.30. The molecule has 3 N–H and O–H groups in total. The Morgan fingerprint density at radius 1 is 1.45 bits per heavy atom. The number of nitrogens with one attached hydrogen (secondary N) is 1. The highest BCUT2D eigenvalue weighted by Gasteiger charge is 2.19. The fraction of sp³-hybridized carbons (Fsp3) is 0.615. The third-order valence-corrected chi connectivity index (χ3v) is 5.00. The highest BCUT2D eigenvalue weighted by Crippen LogP contribution is 2.26. The number of nitrogens with two attached hydrogens (primary N) is 1. The first-order valence-corrected chi connectivity index (χ1v) is 9.28. The largest absolute Gasteiger partial charge is 0.348 e. The van der Waals surface area contributed by atoms with E-state index in [0.717, 1.165) is 11.8 Å². The maximum absolute atomic E-state index is 11.9. The van der Waals surface area contributed by atoms with Crippen molar-refractivity contribution in [3.8, 4) is 0 Å². The summed E-state index contributed by atoms with van der Waals surface area (Å²) in [6.45, 7) is 5.93. The Bertz CT molecular complexity index is 578. The average molecular weight is 318 g/mol. The Morgan fingerprint density at radius 3 is 2.50 bits per heavy atom. The Balaban J connectivity index is 2.59. The van der Waals surface area contributed by atoms with Crippen molar-refractivity contribution >= 4 is 27.1 Å². The van der Waals surface area contributed by atoms with E-state index in [2.05, 4.69) is 5.32 Å². The summed E-state index contributed by atoms with van der Waals surface area (Å²) in [5, 5.41) is 2.83. The van der Waals surface area contributed by atoms with E-state index in [9.17, 15) is 13.2 Å². The van der Waals surface area contributed by atoms with E-state index in [4.69, 9.17) is 5.73 Å². The van der Waals surface area contributed by atoms with Crippen LogP contribution in [-0.2, 0) is 14.6 Å². The molecule has 0 radical (unpaired) electrons. The third-order valence-electron chi connectivity index (χ3n) is 3.04. The summed E-state index contributed by atoms with van der Waals surface area (Å²) in [7, 11) is -3.10. The summed E-state index contributed by atoms with van der Waals surface area (Å²) >= 11 is 1.68. The molecule has 0 saturated carbocycles. The van der Waals surface area contributed by atoms with Crippen LogP contribution < -0.4 is 11.1 Å². The van der Waals surface area contributed by atoms with Crippen molar-refractivity contribution in [2.75, 3.05) is 12.0 Å². The van der Waals surface area contributed by atoms with Crippen molar-refractivity contribution in [1.82, 2.24) is 5.32 Å². The van der Waals surface area contributed by atoms with Crippen LogP contribution in [0.25, 0.3) is 0 Å². The summed E-state index contributed by atoms with van der Waals surface area (Å²) in [6, 6.07) is 1.12. The maximum Gasteiger partial charge on any atom is 0.237 e. The van der Waals surface area contributed by atoms with Crippen LogP contribution in [0, 0.1) is 13.8 Å². The molecule has 0 aliphatic heterocycles. The van der Waals surface area contributed by atoms with Gasteiger partial charge in [-0.25, -0.2) is 8.42 Å². The van der Waals surface area contributed by atoms with Crippen molar-refractivity contribution in [1.29, 1.82) is 0 Å². The van der Waals surface area contributed by atoms with Crippen LogP contribution in [0.5, 0.6) is 0 Å². The van der Waals surface area contributed by atoms with Crippen molar-refractivity contribution < 1.29 is 13.2 Å². The zero-order chi connectivity index (χ0) is 15.5. The van der Waals surface area contributed by atoms with Gasteiger partial charge in [0.05, 0.1) is 17.8 Å². The molecule has 0 fully saturated rings. The minimum absolute atomic E-state index is 0.0768. The van der Waals surface area contributed by atoms with Crippen LogP contribution >= 0.6 is 11.3 Å². The van der Waals surface area contributed by atoms with Crippen LogP contribution in [0.4, 0.5) is 0 Å². The van der Waals surface area contributed by atoms with Crippen molar-refractivity contribution in [3.63, 3.8) is 0 Å². The van der Waals surface area contributed by atoms with Crippen LogP contribution in [0.2, 0.25) is 0 Å². The summed E-state index contributed by atoms with van der Waals surface area (Å²) < 4.78 is 22.1. The molecule has 1 heterocycles. The average Bonchev–Trinajstić information content (AvgIpc) is 2.64. The molecule has 1 aromatic heterocycles. The van der Waals surface area contributed by atoms with Crippen LogP contribution in [-0.4, -0.2) is 32.4 Å². The molecule has 1 amide bonds. The summed E-state index contributed by atoms with van der Waals surface area (Å²) in [5.74, 6) is -0.392. The quantitative estimate of drug-likeness (QED) is 0.827. The molecular weight excluding hydrogens is 296 g/mol. The SMILES string of the molecule is Cc1cc(C(C)NC(=O)C(N)CCS(C)(=O)=O)c(C)s1. The lowest BCUT2D eigenvalue weighted by Crippen LogP contribution is -2.42. The van der Waals surface area contributed by atoms with E-state index < -0.39 is 15.9 Å². The van der Waals surface area contributed by atoms with Crippen molar-refractivity contribution in [2.45, 2.75) is 39.3 Å². The van der Waals surface area contributed by atoms with Gasteiger partial charge in [-0.3, -0.25) is 4.79 Å². The van der Waals surface area contributed by atoms with Gasteiger partial charge in [0.1, 0.15) is 9.84 Å². The van der Waals surface area contributed by atoms with Gasteiger partial charge < -0.3 is 11.1 Å². The predicted molar refractivity (Wildman–Crippen MR) is 82.7 cm³/mol. The van der Waals surface area contributed by atoms with Gasteiger partial charge in [0.25, 0.3) is 0 Å². The molecule has 2 atom stereocenters. The topological polar surface area (TPSA) is 89.3 Å². The number of carbonyl (C=O) groups is 1. The van der Waals surface area contributed by atoms with Gasteiger partial charge in [-0.05, 0) is 38.8 Å². The zero-order valence-electron chi connectivity index (χ0n) is 12.3. The second-order valence-corrected chi connectivity index (χ2v) is 8.84. The Labute approximate surface area is 124 Å². The standard InChI is InChI=1S/C13H22N2O3S2/c1-8-7-11(10(3)19-8)9(2)15-13(16)12(14)5-6-20(4,17)18/h7,9,12H,5-6,14H2,1-4H3,(H,15,16). The lowest BCUT2D eigenvalue weighted by Gasteiger charge is -2.17. The van der Waals surface area contributed by atoms with Gasteiger partial charge in [0.15, 0.2) is 0 Å². The molecule has 5 nitrogen and oxygen atoms in total. The number of hydrogen-bond donors (Lipinski definition) is 2. The molecule has 1 rings (SSSR count). The molecule has 0 bridgehead atoms. The number of aryl methyl sites for hydroxylation is 2. The first-order chi connectivity index (χ1) is 9.10. The summed E-state index contributed by atoms with van der Waals surface area (Å²) in [5.41, 5.74) is 6.80. The molecule has 0 aliphatic carbocycles. The fourth-order valence-corrected chi connectivity index (χ4v) is 3.66. The van der Waals surface area contributed by atoms with Crippen molar-refractivity contribution in [3.05, 3.63) is 21.4 Å². The van der Waals surface area contributed by atoms with Gasteiger partial charge >= 0.3 is 0 Å². The highest BCUT2D eigenvalue weighted by atomic mass is 32.2. The first-order valence-electron chi connectivity index (χ1n) is 6.40. The van der Waals surface area contributed by atoms with Crippen molar-refractivity contribution in [2.24, 2.45) is 5.73 Å². The lowest BCUT2D eigenvalue weighted by atomic mass is 10.1. The summed E-state index contributed by atoms with van der Waals surface area (Å²) in [6.07, 6.45) is 1.27. The Hall–Kier alpha value is -0.920. The molecule has 114 valence electrons. The number of sulfone groups is 1. The van der Waals surface area contributed by atoms with Gasteiger partial charge in [-0.1, -0.05) is 0 Å². The molecule has 0 aliphatic rings. The number of hydrogen-bond acceptors (Lipinski definition) is 5. The minimum Gasteiger partial charge on any atom is -0.348 e. The van der Waals surface area contributed by atoms with Crippen LogP contribution in [0.3, 0.4) is 0 Å². The first kappa shape index (κ1) is 17.1. The monoisotopic (exact) mass is 318 g/mol. The molecule has 0 aromatic carbocycles. The molecule has 20 heavy (non-hydrogen) atoms. The number of rotatable bonds is 6. The molecule has 0 spiro atoms. The van der Waals surface area contributed by atoms with Gasteiger partial charge in [0, 0.05) is 16.0 Å². The van der Waals surface area contributed by atoms with E-state index in [-0.39, 0.29) is 24.1 Å². The number of amides is 1. The second-order valence-electron chi connectivity index (χ2n) is 5.12. The molecular formula is C13H22N2O3S2. The van der Waals surface area contributed by atoms with Crippen LogP contribution in [0.1, 0.15) is 34.7 Å². The number of carbonyl (C=O) groups excluding carboxylic acids is 1. The fourth-order valence-electron chi connectivity index (χ4n) is 1.95. The van der Waals surface area contributed by atoms with E-state index >= 15 is 0 Å². The molecule has 2 unspecified atom stereocenters. The maximum atomic E-state index is 11.9. The van der Waals surface area contributed by atoms with E-state index in [1.807, 2.05) is 26.8 Å². The van der Waals surface area contributed by atoms with Gasteiger partial charge in [-0.15, -0.1) is 11.3 Å². The summed E-state index contributed by atoms with van der Waals surface area (Å²) in [4.78, 5) is 14.3. The van der Waals surface area contributed by atoms with E-state index in [1.54, 1.807) is 11.3 Å². The van der Waals surface area contributed by atoms with Gasteiger partial charge in [-0.2, -0.15) is 0 Å². The minimum atomic E-state index is -3.10. The van der Waals surface area contributed by atoms with E-state index in [1.165, 1.54) is 9.75 Å². The highest BCUT2D eigenvalue weighted by molar-refractivity contribution is 7.90. The molecule has 7 heteroatoms. The zero-order valence-corrected chi connectivity index (χ0v) is 13.9. The Morgan fingerprint density at radius 2 is 2.05 bits per heavy atom. The third kappa shape index (κ3) is 5.22. The lowest BCUT2D eigenvalue weighted by molar-refractivity contribution is -0.123. The van der Waals surface area contributed by atoms with Gasteiger partial charge in [0.2, 0.25) is 5.91 Å². The second kappa shape index (κ2) is 6.69. The van der Waals surface area contributed by atoms with Crippen LogP contribution in [0.15, 0.2) is 6.07 Å². The Kier molecular flexibility index (Phi) is 5.73. The van der Waals surface area contributed by atoms with E-state index in [0.29, 0.717) is 0 Å². The smallest absolute Gasteiger partial charge is 0.237 e.